The van der Waals surface area contributed by atoms with E-state index >= 15 is 0 Å². The molecule has 4 aromatic rings. The molecule has 0 atom stereocenters. The molecule has 0 aliphatic carbocycles. The highest BCUT2D eigenvalue weighted by Gasteiger charge is 2.24. The van der Waals surface area contributed by atoms with Gasteiger partial charge in [0.05, 0.1) is 23.3 Å². The summed E-state index contributed by atoms with van der Waals surface area (Å²) in [6, 6.07) is 7.24. The summed E-state index contributed by atoms with van der Waals surface area (Å²) in [4.78, 5) is 24.4. The van der Waals surface area contributed by atoms with E-state index in [0.717, 1.165) is 31.4 Å². The van der Waals surface area contributed by atoms with E-state index in [1.165, 1.54) is 6.20 Å². The molecule has 32 heavy (non-hydrogen) atoms. The van der Waals surface area contributed by atoms with Gasteiger partial charge in [-0.05, 0) is 57.2 Å². The van der Waals surface area contributed by atoms with Crippen molar-refractivity contribution in [3.63, 3.8) is 0 Å². The van der Waals surface area contributed by atoms with Gasteiger partial charge in [0.2, 0.25) is 5.89 Å². The topological polar surface area (TPSA) is 94.9 Å². The molecule has 0 amide bonds. The van der Waals surface area contributed by atoms with Gasteiger partial charge in [-0.15, -0.1) is 10.2 Å². The Labute approximate surface area is 181 Å². The Morgan fingerprint density at radius 3 is 2.66 bits per heavy atom. The number of rotatable bonds is 5. The second kappa shape index (κ2) is 8.23. The Morgan fingerprint density at radius 1 is 1.16 bits per heavy atom. The van der Waals surface area contributed by atoms with E-state index in [2.05, 4.69) is 32.1 Å². The van der Waals surface area contributed by atoms with Crippen LogP contribution in [0, 0.1) is 0 Å². The van der Waals surface area contributed by atoms with Crippen LogP contribution < -0.4 is 5.69 Å². The molecule has 9 nitrogen and oxygen atoms in total. The quantitative estimate of drug-likeness (QED) is 0.470. The van der Waals surface area contributed by atoms with E-state index in [0.29, 0.717) is 16.9 Å². The van der Waals surface area contributed by atoms with Gasteiger partial charge in [0.1, 0.15) is 0 Å². The van der Waals surface area contributed by atoms with Gasteiger partial charge in [0, 0.05) is 18.4 Å². The largest absolute Gasteiger partial charge is 0.415 e. The fourth-order valence-corrected chi connectivity index (χ4v) is 4.10. The Kier molecular flexibility index (Phi) is 5.25. The molecule has 5 rings (SSSR count). The maximum Gasteiger partial charge on any atom is 0.330 e. The van der Waals surface area contributed by atoms with E-state index in [1.54, 1.807) is 22.9 Å². The molecule has 0 unspecified atom stereocenters. The van der Waals surface area contributed by atoms with Gasteiger partial charge < -0.3 is 9.32 Å². The van der Waals surface area contributed by atoms with Gasteiger partial charge in [-0.25, -0.2) is 9.78 Å². The number of likely N-dealkylation sites (tertiary alicyclic amines) is 1. The van der Waals surface area contributed by atoms with Crippen molar-refractivity contribution in [3.8, 4) is 11.5 Å². The van der Waals surface area contributed by atoms with Crippen LogP contribution in [0.4, 0.5) is 8.78 Å². The van der Waals surface area contributed by atoms with Crippen LogP contribution in [0.25, 0.3) is 22.6 Å². The number of hydrogen-bond acceptors (Lipinski definition) is 7. The summed E-state index contributed by atoms with van der Waals surface area (Å²) in [6.45, 7) is 2.12. The molecule has 0 aromatic carbocycles. The summed E-state index contributed by atoms with van der Waals surface area (Å²) in [7, 11) is 2.09. The first-order chi connectivity index (χ1) is 15.5. The summed E-state index contributed by atoms with van der Waals surface area (Å²) in [5.41, 5.74) is 2.36. The SMILES string of the molecule is CN1CCC(n2c(=O)n(Cc3ccc(-c4nnc(C(F)F)o4)cn3)c3ncccc32)CC1. The van der Waals surface area contributed by atoms with Crippen LogP contribution >= 0.6 is 0 Å². The molecule has 166 valence electrons. The van der Waals surface area contributed by atoms with Gasteiger partial charge in [-0.1, -0.05) is 0 Å². The number of nitrogens with zero attached hydrogens (tertiary/aromatic N) is 7. The summed E-state index contributed by atoms with van der Waals surface area (Å²) >= 11 is 0. The molecule has 4 aromatic heterocycles. The first-order valence-electron chi connectivity index (χ1n) is 10.3. The lowest BCUT2D eigenvalue weighted by molar-refractivity contribution is 0.116. The Morgan fingerprint density at radius 2 is 1.97 bits per heavy atom. The van der Waals surface area contributed by atoms with Crippen molar-refractivity contribution in [2.45, 2.75) is 31.9 Å². The summed E-state index contributed by atoms with van der Waals surface area (Å²) in [6.07, 6.45) is 2.12. The maximum absolute atomic E-state index is 13.4. The molecule has 11 heteroatoms. The zero-order valence-electron chi connectivity index (χ0n) is 17.4. The summed E-state index contributed by atoms with van der Waals surface area (Å²) in [5.74, 6) is -0.763. The van der Waals surface area contributed by atoms with Gasteiger partial charge in [-0.2, -0.15) is 8.78 Å². The number of hydrogen-bond donors (Lipinski definition) is 0. The van der Waals surface area contributed by atoms with Crippen molar-refractivity contribution in [1.29, 1.82) is 0 Å². The normalized spacial score (nSPS) is 15.8. The molecule has 1 aliphatic rings. The lowest BCUT2D eigenvalue weighted by atomic mass is 10.1. The monoisotopic (exact) mass is 441 g/mol. The molecule has 0 spiro atoms. The second-order valence-electron chi connectivity index (χ2n) is 7.90. The number of piperidine rings is 1. The summed E-state index contributed by atoms with van der Waals surface area (Å²) in [5, 5.41) is 6.95. The van der Waals surface area contributed by atoms with E-state index in [4.69, 9.17) is 4.42 Å². The third kappa shape index (κ3) is 3.68. The van der Waals surface area contributed by atoms with Gasteiger partial charge in [0.25, 0.3) is 5.89 Å². The predicted molar refractivity (Wildman–Crippen MR) is 111 cm³/mol. The average Bonchev–Trinajstić information content (AvgIpc) is 3.40. The summed E-state index contributed by atoms with van der Waals surface area (Å²) < 4.78 is 33.8. The first kappa shape index (κ1) is 20.4. The molecular weight excluding hydrogens is 420 g/mol. The standard InChI is InChI=1S/C21H21F2N7O2/c1-28-9-6-15(7-10-28)30-16-3-2-8-24-18(16)29(21(30)31)12-14-5-4-13(11-25-14)19-26-27-20(32-19)17(22)23/h2-5,8,11,15,17H,6-7,9-10,12H2,1H3. The van der Waals surface area contributed by atoms with Gasteiger partial charge >= 0.3 is 12.1 Å². The lowest BCUT2D eigenvalue weighted by Crippen LogP contribution is -2.36. The van der Waals surface area contributed by atoms with Crippen LogP contribution in [0.2, 0.25) is 0 Å². The van der Waals surface area contributed by atoms with E-state index in [1.807, 2.05) is 16.7 Å². The van der Waals surface area contributed by atoms with Crippen LogP contribution in [-0.4, -0.2) is 54.3 Å². The molecular formula is C21H21F2N7O2. The number of imidazole rings is 1. The zero-order valence-corrected chi connectivity index (χ0v) is 17.4. The maximum atomic E-state index is 13.4. The van der Waals surface area contributed by atoms with Gasteiger partial charge in [-0.3, -0.25) is 14.1 Å². The number of halogens is 2. The fourth-order valence-electron chi connectivity index (χ4n) is 4.10. The lowest BCUT2D eigenvalue weighted by Gasteiger charge is -2.29. The van der Waals surface area contributed by atoms with Crippen LogP contribution in [0.1, 0.15) is 36.9 Å². The number of aromatic nitrogens is 6. The van der Waals surface area contributed by atoms with Crippen LogP contribution in [0.3, 0.4) is 0 Å². The van der Waals surface area contributed by atoms with E-state index < -0.39 is 12.3 Å². The minimum Gasteiger partial charge on any atom is -0.415 e. The molecule has 5 heterocycles. The highest BCUT2D eigenvalue weighted by molar-refractivity contribution is 5.71. The minimum atomic E-state index is -2.83. The van der Waals surface area contributed by atoms with Gasteiger partial charge in [0.15, 0.2) is 5.65 Å². The van der Waals surface area contributed by atoms with E-state index in [9.17, 15) is 13.6 Å². The fraction of sp³-hybridized carbons (Fsp3) is 0.381. The molecule has 0 radical (unpaired) electrons. The number of fused-ring (bicyclic) bond motifs is 1. The third-order valence-corrected chi connectivity index (χ3v) is 5.79. The number of alkyl halides is 2. The minimum absolute atomic E-state index is 0.0305. The van der Waals surface area contributed by atoms with Crippen molar-refractivity contribution >= 4 is 11.2 Å². The highest BCUT2D eigenvalue weighted by Crippen LogP contribution is 2.25. The van der Waals surface area contributed by atoms with Crippen LogP contribution in [-0.2, 0) is 6.54 Å². The molecule has 1 saturated heterocycles. The molecule has 0 bridgehead atoms. The average molecular weight is 441 g/mol. The van der Waals surface area contributed by atoms with Crippen LogP contribution in [0.15, 0.2) is 45.9 Å². The Balaban J connectivity index is 1.45. The predicted octanol–water partition coefficient (Wildman–Crippen LogP) is 2.90. The third-order valence-electron chi connectivity index (χ3n) is 5.79. The molecule has 1 fully saturated rings. The van der Waals surface area contributed by atoms with Crippen molar-refractivity contribution in [2.75, 3.05) is 20.1 Å². The van der Waals surface area contributed by atoms with Crippen molar-refractivity contribution in [2.24, 2.45) is 0 Å². The Hall–Kier alpha value is -3.47. The van der Waals surface area contributed by atoms with Crippen molar-refractivity contribution in [1.82, 2.24) is 34.2 Å². The zero-order chi connectivity index (χ0) is 22.2. The first-order valence-corrected chi connectivity index (χ1v) is 10.3. The van der Waals surface area contributed by atoms with Crippen LogP contribution in [0.5, 0.6) is 0 Å². The number of pyridine rings is 2. The van der Waals surface area contributed by atoms with Crippen molar-refractivity contribution in [3.05, 3.63) is 58.7 Å². The molecule has 1 aliphatic heterocycles. The highest BCUT2D eigenvalue weighted by atomic mass is 19.3. The smallest absolute Gasteiger partial charge is 0.330 e. The van der Waals surface area contributed by atoms with E-state index in [-0.39, 0.29) is 24.2 Å². The molecule has 0 saturated carbocycles. The molecule has 0 N–H and O–H groups in total. The Bertz CT molecular complexity index is 1290. The van der Waals surface area contributed by atoms with Crippen molar-refractivity contribution < 1.29 is 13.2 Å². The second-order valence-corrected chi connectivity index (χ2v) is 7.90.